The third kappa shape index (κ3) is 1.75. The number of nitrogens with zero attached hydrogens (tertiary/aromatic N) is 6. The lowest BCUT2D eigenvalue weighted by molar-refractivity contribution is 0.798. The van der Waals surface area contributed by atoms with Gasteiger partial charge < -0.3 is 0 Å². The monoisotopic (exact) mass is 281 g/mol. The largest absolute Gasteiger partial charge is 0.258 e. The van der Waals surface area contributed by atoms with E-state index in [1.54, 1.807) is 42.3 Å². The Bertz CT molecular complexity index is 926. The predicted molar refractivity (Wildman–Crippen MR) is 70.5 cm³/mol. The second-order valence-corrected chi connectivity index (χ2v) is 3.90. The summed E-state index contributed by atoms with van der Waals surface area (Å²) < 4.78 is 0. The first-order chi connectivity index (χ1) is 10.5. The predicted octanol–water partition coefficient (Wildman–Crippen LogP) is 1.45. The summed E-state index contributed by atoms with van der Waals surface area (Å²) in [6.07, 6.45) is 0. The number of allylic oxidation sites excluding steroid dienone is 6. The Balaban J connectivity index is 4.22. The molecular formula is C15H3N7. The lowest BCUT2D eigenvalue weighted by atomic mass is 9.80. The highest BCUT2D eigenvalue weighted by Crippen LogP contribution is 2.51. The van der Waals surface area contributed by atoms with Crippen LogP contribution in [0.4, 0.5) is 0 Å². The van der Waals surface area contributed by atoms with Crippen molar-refractivity contribution in [3.63, 3.8) is 0 Å². The molecule has 0 saturated carbocycles. The summed E-state index contributed by atoms with van der Waals surface area (Å²) in [5.41, 5.74) is -4.34. The van der Waals surface area contributed by atoms with Gasteiger partial charge in [0.1, 0.15) is 29.4 Å². The van der Waals surface area contributed by atoms with E-state index in [4.69, 9.17) is 21.2 Å². The van der Waals surface area contributed by atoms with Crippen molar-refractivity contribution >= 4 is 5.87 Å². The van der Waals surface area contributed by atoms with Crippen LogP contribution in [-0.2, 0) is 0 Å². The van der Waals surface area contributed by atoms with E-state index >= 15 is 0 Å². The van der Waals surface area contributed by atoms with E-state index in [1.807, 2.05) is 0 Å². The third-order valence-corrected chi connectivity index (χ3v) is 3.04. The maximum atomic E-state index is 9.31. The third-order valence-electron chi connectivity index (χ3n) is 3.04. The molecule has 0 heterocycles. The van der Waals surface area contributed by atoms with Crippen molar-refractivity contribution in [2.45, 2.75) is 0 Å². The maximum absolute atomic E-state index is 9.31. The molecule has 0 aromatic carbocycles. The van der Waals surface area contributed by atoms with Crippen molar-refractivity contribution in [3.8, 4) is 36.4 Å². The van der Waals surface area contributed by atoms with E-state index < -0.39 is 22.1 Å². The van der Waals surface area contributed by atoms with Gasteiger partial charge in [0.2, 0.25) is 5.41 Å². The molecule has 0 unspecified atom stereocenters. The molecule has 0 amide bonds. The second kappa shape index (κ2) is 5.72. The minimum atomic E-state index is -2.11. The molecule has 1 aliphatic carbocycles. The van der Waals surface area contributed by atoms with Crippen LogP contribution in [0.3, 0.4) is 0 Å². The van der Waals surface area contributed by atoms with Crippen LogP contribution in [0.25, 0.3) is 0 Å². The zero-order valence-corrected chi connectivity index (χ0v) is 10.9. The van der Waals surface area contributed by atoms with Crippen LogP contribution in [0.1, 0.15) is 0 Å². The van der Waals surface area contributed by atoms with Gasteiger partial charge in [-0.1, -0.05) is 6.58 Å². The average Bonchev–Trinajstić information content (AvgIpc) is 2.79. The first-order valence-corrected chi connectivity index (χ1v) is 5.45. The Morgan fingerprint density at radius 3 is 1.82 bits per heavy atom. The van der Waals surface area contributed by atoms with Crippen molar-refractivity contribution in [2.75, 3.05) is 0 Å². The standard InChI is InChI=1S/C15H3N7/c1-9-13(10(2-16)3-17)14(11(4-18)5-19)12(6-20)15(9,7-21)8-22/h18H,1H2. The van der Waals surface area contributed by atoms with E-state index in [9.17, 15) is 15.8 Å². The molecular weight excluding hydrogens is 278 g/mol. The van der Waals surface area contributed by atoms with Crippen molar-refractivity contribution in [1.82, 2.24) is 0 Å². The highest BCUT2D eigenvalue weighted by atomic mass is 14.5. The molecule has 1 aliphatic rings. The van der Waals surface area contributed by atoms with Crippen molar-refractivity contribution in [2.24, 2.45) is 5.41 Å². The molecule has 1 N–H and O–H groups in total. The molecule has 1 rings (SSSR count). The van der Waals surface area contributed by atoms with E-state index in [0.29, 0.717) is 0 Å². The van der Waals surface area contributed by atoms with Crippen LogP contribution in [0.5, 0.6) is 0 Å². The average molecular weight is 281 g/mol. The fourth-order valence-electron chi connectivity index (χ4n) is 2.02. The van der Waals surface area contributed by atoms with Crippen LogP contribution in [0.15, 0.2) is 40.0 Å². The topological polar surface area (TPSA) is 167 Å². The first kappa shape index (κ1) is 15.7. The van der Waals surface area contributed by atoms with Crippen LogP contribution >= 0.6 is 0 Å². The van der Waals surface area contributed by atoms with E-state index in [0.717, 1.165) is 0 Å². The Morgan fingerprint density at radius 2 is 1.50 bits per heavy atom. The van der Waals surface area contributed by atoms with Crippen molar-refractivity contribution < 1.29 is 0 Å². The molecule has 7 nitrogen and oxygen atoms in total. The number of nitrogens with one attached hydrogen (secondary N) is 1. The zero-order chi connectivity index (χ0) is 16.9. The molecule has 7 heteroatoms. The molecule has 0 aromatic rings. The number of rotatable bonds is 1. The van der Waals surface area contributed by atoms with Crippen LogP contribution in [-0.4, -0.2) is 5.87 Å². The second-order valence-electron chi connectivity index (χ2n) is 3.90. The molecule has 0 saturated heterocycles. The SMILES string of the molecule is C=C1C(=C(C#N)C#N)C(C(=C=N)C#N)=C(C#N)C1(C#N)C#N. The van der Waals surface area contributed by atoms with E-state index in [2.05, 4.69) is 6.58 Å². The first-order valence-electron chi connectivity index (χ1n) is 5.45. The Morgan fingerprint density at radius 1 is 0.955 bits per heavy atom. The van der Waals surface area contributed by atoms with E-state index in [1.165, 1.54) is 0 Å². The van der Waals surface area contributed by atoms with Crippen LogP contribution in [0, 0.1) is 78.8 Å². The summed E-state index contributed by atoms with van der Waals surface area (Å²) in [4.78, 5) is 0. The molecule has 0 spiro atoms. The molecule has 0 bridgehead atoms. The number of hydrogen-bond donors (Lipinski definition) is 1. The van der Waals surface area contributed by atoms with E-state index in [-0.39, 0.29) is 16.7 Å². The summed E-state index contributed by atoms with van der Waals surface area (Å²) in [5.74, 6) is 1.78. The van der Waals surface area contributed by atoms with Gasteiger partial charge in [0, 0.05) is 11.1 Å². The summed E-state index contributed by atoms with van der Waals surface area (Å²) in [5, 5.41) is 62.1. The summed E-state index contributed by atoms with van der Waals surface area (Å²) in [6.45, 7) is 3.54. The zero-order valence-electron chi connectivity index (χ0n) is 10.9. The van der Waals surface area contributed by atoms with Gasteiger partial charge in [-0.25, -0.2) is 0 Å². The van der Waals surface area contributed by atoms with Gasteiger partial charge in [-0.15, -0.1) is 0 Å². The van der Waals surface area contributed by atoms with Crippen molar-refractivity contribution in [1.29, 1.82) is 37.0 Å². The minimum absolute atomic E-state index is 0.245. The quantitative estimate of drug-likeness (QED) is 0.563. The fourth-order valence-corrected chi connectivity index (χ4v) is 2.02. The van der Waals surface area contributed by atoms with Gasteiger partial charge in [-0.2, -0.15) is 31.6 Å². The Hall–Kier alpha value is -4.39. The maximum Gasteiger partial charge on any atom is 0.204 e. The highest BCUT2D eigenvalue weighted by molar-refractivity contribution is 5.85. The summed E-state index contributed by atoms with van der Waals surface area (Å²) in [6, 6.07) is 9.66. The molecule has 0 radical (unpaired) electrons. The Labute approximate surface area is 125 Å². The van der Waals surface area contributed by atoms with Crippen LogP contribution < -0.4 is 0 Å². The molecule has 98 valence electrons. The summed E-state index contributed by atoms with van der Waals surface area (Å²) in [7, 11) is 0. The lowest BCUT2D eigenvalue weighted by Gasteiger charge is -2.12. The van der Waals surface area contributed by atoms with Crippen LogP contribution in [0.2, 0.25) is 0 Å². The summed E-state index contributed by atoms with van der Waals surface area (Å²) >= 11 is 0. The van der Waals surface area contributed by atoms with Gasteiger partial charge in [0.25, 0.3) is 0 Å². The number of hydrogen-bond acceptors (Lipinski definition) is 7. The highest BCUT2D eigenvalue weighted by Gasteiger charge is 2.50. The van der Waals surface area contributed by atoms with Crippen molar-refractivity contribution in [3.05, 3.63) is 40.0 Å². The minimum Gasteiger partial charge on any atom is -0.258 e. The fraction of sp³-hybridized carbons (Fsp3) is 0.0667. The van der Waals surface area contributed by atoms with Gasteiger partial charge >= 0.3 is 0 Å². The smallest absolute Gasteiger partial charge is 0.204 e. The van der Waals surface area contributed by atoms with Gasteiger partial charge in [-0.3, -0.25) is 5.41 Å². The lowest BCUT2D eigenvalue weighted by Crippen LogP contribution is -2.17. The molecule has 0 fully saturated rings. The molecule has 0 atom stereocenters. The normalized spacial score (nSPS) is 14.3. The van der Waals surface area contributed by atoms with Gasteiger partial charge in [0.05, 0.1) is 23.8 Å². The Kier molecular flexibility index (Phi) is 4.07. The van der Waals surface area contributed by atoms with Gasteiger partial charge in [-0.05, 0) is 11.4 Å². The van der Waals surface area contributed by atoms with Gasteiger partial charge in [0.15, 0.2) is 0 Å². The molecule has 0 aromatic heterocycles. The molecule has 0 aliphatic heterocycles. The number of nitriles is 6. The molecule has 22 heavy (non-hydrogen) atoms.